The van der Waals surface area contributed by atoms with Gasteiger partial charge in [0, 0.05) is 29.6 Å². The van der Waals surface area contributed by atoms with E-state index in [4.69, 9.17) is 4.52 Å². The summed E-state index contributed by atoms with van der Waals surface area (Å²) in [4.78, 5) is 0.513. The second-order valence-electron chi connectivity index (χ2n) is 7.28. The smallest absolute Gasteiger partial charge is 0.218 e. The largest absolute Gasteiger partial charge is 0.322 e. The van der Waals surface area contributed by atoms with Gasteiger partial charge in [0.1, 0.15) is 0 Å². The van der Waals surface area contributed by atoms with Gasteiger partial charge in [0.2, 0.25) is 8.45 Å². The molecule has 4 rings (SSSR count). The quantitative estimate of drug-likeness (QED) is 0.469. The standard InChI is InChI=1S/C19H28BrN2OP/c20-18-12-6-1-2-7-13-19(18)23-24-21-14-8-11-17(21)15-22(24)16-9-4-3-5-10-16/h3-5,9-10,17-19H,1-2,6-8,11-15H2/t17-,18+,19+,24?/m0/s1. The molecule has 1 aromatic rings. The Hall–Kier alpha value is -0.150. The molecule has 2 saturated heterocycles. The zero-order valence-corrected chi connectivity index (χ0v) is 16.8. The molecule has 1 aromatic carbocycles. The minimum Gasteiger partial charge on any atom is -0.322 e. The summed E-state index contributed by atoms with van der Waals surface area (Å²) in [5, 5.41) is 0. The lowest BCUT2D eigenvalue weighted by molar-refractivity contribution is 0.181. The van der Waals surface area contributed by atoms with Gasteiger partial charge in [-0.3, -0.25) is 0 Å². The lowest BCUT2D eigenvalue weighted by Crippen LogP contribution is -2.28. The zero-order chi connectivity index (χ0) is 16.4. The molecular weight excluding hydrogens is 383 g/mol. The summed E-state index contributed by atoms with van der Waals surface area (Å²) in [6.07, 6.45) is 10.9. The molecule has 24 heavy (non-hydrogen) atoms. The third-order valence-corrected chi connectivity index (χ3v) is 8.84. The summed E-state index contributed by atoms with van der Waals surface area (Å²) >= 11 is 3.94. The summed E-state index contributed by atoms with van der Waals surface area (Å²) in [7, 11) is -0.659. The second-order valence-corrected chi connectivity index (χ2v) is 10.2. The van der Waals surface area contributed by atoms with Crippen LogP contribution in [0.3, 0.4) is 0 Å². The van der Waals surface area contributed by atoms with E-state index in [1.54, 1.807) is 0 Å². The number of para-hydroxylation sites is 1. The van der Waals surface area contributed by atoms with Crippen molar-refractivity contribution in [3.05, 3.63) is 30.3 Å². The third-order valence-electron chi connectivity index (χ3n) is 5.56. The van der Waals surface area contributed by atoms with Gasteiger partial charge >= 0.3 is 0 Å². The van der Waals surface area contributed by atoms with E-state index in [-0.39, 0.29) is 0 Å². The molecule has 2 heterocycles. The van der Waals surface area contributed by atoms with Gasteiger partial charge in [-0.1, -0.05) is 59.8 Å². The van der Waals surface area contributed by atoms with Crippen LogP contribution in [0.15, 0.2) is 30.3 Å². The topological polar surface area (TPSA) is 15.7 Å². The molecule has 2 aliphatic heterocycles. The predicted octanol–water partition coefficient (Wildman–Crippen LogP) is 5.70. The van der Waals surface area contributed by atoms with Crippen LogP contribution in [0.2, 0.25) is 0 Å². The zero-order valence-electron chi connectivity index (χ0n) is 14.3. The van der Waals surface area contributed by atoms with Crippen LogP contribution < -0.4 is 4.67 Å². The summed E-state index contributed by atoms with van der Waals surface area (Å²) in [6.45, 7) is 2.34. The van der Waals surface area contributed by atoms with Crippen LogP contribution >= 0.6 is 24.4 Å². The maximum atomic E-state index is 6.85. The highest BCUT2D eigenvalue weighted by molar-refractivity contribution is 9.09. The van der Waals surface area contributed by atoms with E-state index in [2.05, 4.69) is 55.6 Å². The molecule has 3 fully saturated rings. The van der Waals surface area contributed by atoms with Crippen LogP contribution in [-0.2, 0) is 4.52 Å². The van der Waals surface area contributed by atoms with Gasteiger partial charge < -0.3 is 9.19 Å². The van der Waals surface area contributed by atoms with Crippen molar-refractivity contribution >= 4 is 30.1 Å². The van der Waals surface area contributed by atoms with Crippen molar-refractivity contribution in [2.45, 2.75) is 68.3 Å². The van der Waals surface area contributed by atoms with Gasteiger partial charge in [0.25, 0.3) is 0 Å². The first-order valence-electron chi connectivity index (χ1n) is 9.53. The molecule has 3 aliphatic rings. The van der Waals surface area contributed by atoms with Gasteiger partial charge in [-0.15, -0.1) is 0 Å². The van der Waals surface area contributed by atoms with Crippen LogP contribution in [-0.4, -0.2) is 34.7 Å². The molecule has 0 N–H and O–H groups in total. The van der Waals surface area contributed by atoms with Crippen molar-refractivity contribution in [2.75, 3.05) is 17.8 Å². The van der Waals surface area contributed by atoms with Crippen molar-refractivity contribution < 1.29 is 4.52 Å². The predicted molar refractivity (Wildman–Crippen MR) is 106 cm³/mol. The van der Waals surface area contributed by atoms with Crippen LogP contribution in [0.1, 0.15) is 51.4 Å². The molecule has 1 saturated carbocycles. The molecule has 3 nitrogen and oxygen atoms in total. The number of anilines is 1. The highest BCUT2D eigenvalue weighted by Gasteiger charge is 2.45. The Bertz CT molecular complexity index is 531. The van der Waals surface area contributed by atoms with Crippen LogP contribution in [0.4, 0.5) is 5.69 Å². The highest BCUT2D eigenvalue weighted by atomic mass is 79.9. The molecule has 132 valence electrons. The molecule has 0 radical (unpaired) electrons. The van der Waals surface area contributed by atoms with Gasteiger partial charge in [-0.25, -0.2) is 4.67 Å². The highest BCUT2D eigenvalue weighted by Crippen LogP contribution is 2.58. The van der Waals surface area contributed by atoms with Crippen LogP contribution in [0.5, 0.6) is 0 Å². The maximum absolute atomic E-state index is 6.85. The Labute approximate surface area is 155 Å². The van der Waals surface area contributed by atoms with Crippen molar-refractivity contribution in [3.8, 4) is 0 Å². The molecule has 0 bridgehead atoms. The molecule has 0 aromatic heterocycles. The van der Waals surface area contributed by atoms with Crippen molar-refractivity contribution in [1.82, 2.24) is 4.67 Å². The molecular formula is C19H28BrN2OP. The number of hydrogen-bond donors (Lipinski definition) is 0. The Kier molecular flexibility index (Phi) is 5.78. The third kappa shape index (κ3) is 3.67. The number of hydrogen-bond acceptors (Lipinski definition) is 3. The monoisotopic (exact) mass is 410 g/mol. The van der Waals surface area contributed by atoms with Crippen molar-refractivity contribution in [1.29, 1.82) is 0 Å². The summed E-state index contributed by atoms with van der Waals surface area (Å²) in [6, 6.07) is 11.6. The average Bonchev–Trinajstić information content (AvgIpc) is 3.17. The van der Waals surface area contributed by atoms with Crippen molar-refractivity contribution in [3.63, 3.8) is 0 Å². The van der Waals surface area contributed by atoms with Gasteiger partial charge in [-0.2, -0.15) is 0 Å². The Morgan fingerprint density at radius 1 is 0.958 bits per heavy atom. The molecule has 0 spiro atoms. The van der Waals surface area contributed by atoms with E-state index in [9.17, 15) is 0 Å². The van der Waals surface area contributed by atoms with Crippen molar-refractivity contribution in [2.24, 2.45) is 0 Å². The Morgan fingerprint density at radius 2 is 1.75 bits per heavy atom. The van der Waals surface area contributed by atoms with E-state index >= 15 is 0 Å². The first-order valence-corrected chi connectivity index (χ1v) is 11.6. The summed E-state index contributed by atoms with van der Waals surface area (Å²) < 4.78 is 12.1. The normalized spacial score (nSPS) is 34.8. The second kappa shape index (κ2) is 8.03. The summed E-state index contributed by atoms with van der Waals surface area (Å²) in [5.41, 5.74) is 1.33. The SMILES string of the molecule is Br[C@@H]1CCCCCC[C@H]1OP1N(c2ccccc2)C[C@@H]2CCCN21. The number of halogens is 1. The fraction of sp³-hybridized carbons (Fsp3) is 0.684. The maximum Gasteiger partial charge on any atom is 0.218 e. The number of benzene rings is 1. The van der Waals surface area contributed by atoms with Gasteiger partial charge in [0.15, 0.2) is 0 Å². The summed E-state index contributed by atoms with van der Waals surface area (Å²) in [5.74, 6) is 0. The Balaban J connectivity index is 1.53. The number of alkyl halides is 1. The minimum absolute atomic E-state index is 0.363. The number of nitrogens with zero attached hydrogens (tertiary/aromatic N) is 2. The number of rotatable bonds is 3. The van der Waals surface area contributed by atoms with E-state index in [0.717, 1.165) is 6.54 Å². The lowest BCUT2D eigenvalue weighted by atomic mass is 9.99. The van der Waals surface area contributed by atoms with E-state index in [0.29, 0.717) is 17.0 Å². The first-order chi connectivity index (χ1) is 11.8. The molecule has 4 atom stereocenters. The lowest BCUT2D eigenvalue weighted by Gasteiger charge is -2.34. The van der Waals surface area contributed by atoms with E-state index in [1.165, 1.54) is 63.6 Å². The average molecular weight is 411 g/mol. The minimum atomic E-state index is -0.659. The van der Waals surface area contributed by atoms with Gasteiger partial charge in [0.05, 0.1) is 6.10 Å². The van der Waals surface area contributed by atoms with Crippen LogP contribution in [0, 0.1) is 0 Å². The van der Waals surface area contributed by atoms with Crippen LogP contribution in [0.25, 0.3) is 0 Å². The fourth-order valence-electron chi connectivity index (χ4n) is 4.21. The molecule has 1 unspecified atom stereocenters. The molecule has 5 heteroatoms. The molecule has 1 aliphatic carbocycles. The number of fused-ring (bicyclic) bond motifs is 1. The Morgan fingerprint density at radius 3 is 2.58 bits per heavy atom. The van der Waals surface area contributed by atoms with E-state index < -0.39 is 8.45 Å². The van der Waals surface area contributed by atoms with E-state index in [1.807, 2.05) is 0 Å². The molecule has 0 amide bonds. The fourth-order valence-corrected chi connectivity index (χ4v) is 7.52. The first kappa shape index (κ1) is 17.3. The van der Waals surface area contributed by atoms with Gasteiger partial charge in [-0.05, 0) is 37.8 Å².